The maximum Gasteiger partial charge on any atom is 0.328 e. The molecule has 1 aromatic heterocycles. The van der Waals surface area contributed by atoms with Gasteiger partial charge < -0.3 is 5.11 Å². The van der Waals surface area contributed by atoms with E-state index in [9.17, 15) is 4.79 Å². The number of thioether (sulfide) groups is 1. The van der Waals surface area contributed by atoms with Gasteiger partial charge >= 0.3 is 5.97 Å². The number of nitrogens with zero attached hydrogens (tertiary/aromatic N) is 4. The van der Waals surface area contributed by atoms with Gasteiger partial charge in [0.15, 0.2) is 6.04 Å². The van der Waals surface area contributed by atoms with Crippen molar-refractivity contribution in [2.75, 3.05) is 12.0 Å². The minimum atomic E-state index is -0.902. The molecule has 0 amide bonds. The molecule has 0 aliphatic heterocycles. The normalized spacial score (nSPS) is 12.7. The number of hydrogen-bond acceptors (Lipinski definition) is 5. The Morgan fingerprint density at radius 3 is 3.00 bits per heavy atom. The van der Waals surface area contributed by atoms with Crippen molar-refractivity contribution in [2.45, 2.75) is 12.5 Å². The van der Waals surface area contributed by atoms with Gasteiger partial charge in [0.05, 0.1) is 0 Å². The summed E-state index contributed by atoms with van der Waals surface area (Å²) in [4.78, 5) is 10.8. The Kier molecular flexibility index (Phi) is 3.69. The second kappa shape index (κ2) is 4.80. The molecule has 0 aliphatic carbocycles. The van der Waals surface area contributed by atoms with Crippen LogP contribution in [0, 0.1) is 0 Å². The molecule has 0 bridgehead atoms. The predicted molar refractivity (Wildman–Crippen MR) is 47.5 cm³/mol. The maximum absolute atomic E-state index is 10.8. The van der Waals surface area contributed by atoms with E-state index in [0.29, 0.717) is 6.42 Å². The van der Waals surface area contributed by atoms with Gasteiger partial charge in [0.25, 0.3) is 0 Å². The Labute approximate surface area is 79.3 Å². The Bertz CT molecular complexity index is 264. The summed E-state index contributed by atoms with van der Waals surface area (Å²) in [7, 11) is 0. The summed E-state index contributed by atoms with van der Waals surface area (Å²) in [5.74, 6) is -0.127. The van der Waals surface area contributed by atoms with E-state index >= 15 is 0 Å². The third-order valence-electron chi connectivity index (χ3n) is 1.56. The van der Waals surface area contributed by atoms with Gasteiger partial charge in [-0.3, -0.25) is 0 Å². The first-order valence-electron chi connectivity index (χ1n) is 3.70. The number of aliphatic carboxylic acids is 1. The molecule has 0 radical (unpaired) electrons. The number of tetrazole rings is 1. The lowest BCUT2D eigenvalue weighted by atomic mass is 10.2. The first kappa shape index (κ1) is 9.97. The van der Waals surface area contributed by atoms with Crippen LogP contribution in [0.4, 0.5) is 0 Å². The summed E-state index contributed by atoms with van der Waals surface area (Å²) in [6, 6.07) is -0.651. The zero-order chi connectivity index (χ0) is 9.68. The van der Waals surface area contributed by atoms with Crippen molar-refractivity contribution in [1.82, 2.24) is 20.2 Å². The third kappa shape index (κ3) is 2.69. The molecule has 0 spiro atoms. The van der Waals surface area contributed by atoms with Gasteiger partial charge in [0.1, 0.15) is 6.33 Å². The highest BCUT2D eigenvalue weighted by atomic mass is 32.2. The van der Waals surface area contributed by atoms with Crippen molar-refractivity contribution >= 4 is 17.7 Å². The maximum atomic E-state index is 10.8. The van der Waals surface area contributed by atoms with Gasteiger partial charge in [0.2, 0.25) is 0 Å². The van der Waals surface area contributed by atoms with Crippen LogP contribution in [0.1, 0.15) is 12.5 Å². The number of hydrogen-bond donors (Lipinski definition) is 1. The molecule has 0 aliphatic rings. The molecule has 0 saturated carbocycles. The Morgan fingerprint density at radius 2 is 2.54 bits per heavy atom. The molecule has 1 rings (SSSR count). The van der Waals surface area contributed by atoms with Gasteiger partial charge in [-0.2, -0.15) is 11.8 Å². The molecule has 1 unspecified atom stereocenters. The van der Waals surface area contributed by atoms with E-state index in [-0.39, 0.29) is 0 Å². The Balaban J connectivity index is 2.63. The molecule has 1 atom stereocenters. The van der Waals surface area contributed by atoms with Crippen LogP contribution >= 0.6 is 11.8 Å². The average Bonchev–Trinajstić information content (AvgIpc) is 2.57. The highest BCUT2D eigenvalue weighted by Crippen LogP contribution is 2.12. The highest BCUT2D eigenvalue weighted by Gasteiger charge is 2.19. The van der Waals surface area contributed by atoms with E-state index in [1.807, 2.05) is 6.26 Å². The van der Waals surface area contributed by atoms with Crippen molar-refractivity contribution in [3.8, 4) is 0 Å². The Hall–Kier alpha value is -1.11. The second-order valence-corrected chi connectivity index (χ2v) is 3.41. The number of carboxylic acid groups (broad SMARTS) is 1. The standard InChI is InChI=1S/C6H10N4O2S/c1-13-3-2-5(6(11)12)10-4-7-8-9-10/h4-5H,2-3H2,1H3,(H,11,12). The fourth-order valence-electron chi connectivity index (χ4n) is 0.910. The average molecular weight is 202 g/mol. The van der Waals surface area contributed by atoms with E-state index in [1.54, 1.807) is 11.8 Å². The van der Waals surface area contributed by atoms with E-state index in [0.717, 1.165) is 5.75 Å². The first-order valence-corrected chi connectivity index (χ1v) is 5.09. The van der Waals surface area contributed by atoms with Gasteiger partial charge in [0, 0.05) is 0 Å². The summed E-state index contributed by atoms with van der Waals surface area (Å²) in [6.07, 6.45) is 3.78. The molecule has 13 heavy (non-hydrogen) atoms. The van der Waals surface area contributed by atoms with Crippen molar-refractivity contribution < 1.29 is 9.90 Å². The highest BCUT2D eigenvalue weighted by molar-refractivity contribution is 7.98. The fourth-order valence-corrected chi connectivity index (χ4v) is 1.37. The molecule has 7 heteroatoms. The first-order chi connectivity index (χ1) is 6.25. The number of carboxylic acids is 1. The molecule has 1 N–H and O–H groups in total. The number of rotatable bonds is 5. The smallest absolute Gasteiger partial charge is 0.328 e. The van der Waals surface area contributed by atoms with E-state index < -0.39 is 12.0 Å². The number of carbonyl (C=O) groups is 1. The third-order valence-corrected chi connectivity index (χ3v) is 2.21. The molecular weight excluding hydrogens is 192 g/mol. The summed E-state index contributed by atoms with van der Waals surface area (Å²) in [5, 5.41) is 19.2. The monoisotopic (exact) mass is 202 g/mol. The molecule has 1 aromatic rings. The Morgan fingerprint density at radius 1 is 1.77 bits per heavy atom. The lowest BCUT2D eigenvalue weighted by Gasteiger charge is -2.09. The van der Waals surface area contributed by atoms with Crippen molar-refractivity contribution in [3.63, 3.8) is 0 Å². The van der Waals surface area contributed by atoms with Crippen molar-refractivity contribution in [3.05, 3.63) is 6.33 Å². The quantitative estimate of drug-likeness (QED) is 0.726. The van der Waals surface area contributed by atoms with E-state index in [1.165, 1.54) is 11.0 Å². The number of aromatic nitrogens is 4. The van der Waals surface area contributed by atoms with Crippen LogP contribution < -0.4 is 0 Å². The van der Waals surface area contributed by atoms with Gasteiger partial charge in [-0.05, 0) is 28.9 Å². The summed E-state index contributed by atoms with van der Waals surface area (Å²) in [6.45, 7) is 0. The summed E-state index contributed by atoms with van der Waals surface area (Å²) < 4.78 is 1.26. The van der Waals surface area contributed by atoms with E-state index in [4.69, 9.17) is 5.11 Å². The molecule has 0 aromatic carbocycles. The van der Waals surface area contributed by atoms with Crippen LogP contribution in [0.25, 0.3) is 0 Å². The minimum Gasteiger partial charge on any atom is -0.480 e. The lowest BCUT2D eigenvalue weighted by Crippen LogP contribution is -2.20. The van der Waals surface area contributed by atoms with Gasteiger partial charge in [-0.15, -0.1) is 5.10 Å². The molecule has 1 heterocycles. The predicted octanol–water partition coefficient (Wildman–Crippen LogP) is 0.0519. The van der Waals surface area contributed by atoms with Crippen LogP contribution in [0.15, 0.2) is 6.33 Å². The zero-order valence-corrected chi connectivity index (χ0v) is 7.94. The molecular formula is C6H10N4O2S. The zero-order valence-electron chi connectivity index (χ0n) is 7.12. The van der Waals surface area contributed by atoms with Crippen LogP contribution in [0.2, 0.25) is 0 Å². The van der Waals surface area contributed by atoms with E-state index in [2.05, 4.69) is 15.5 Å². The van der Waals surface area contributed by atoms with Gasteiger partial charge in [-0.1, -0.05) is 0 Å². The van der Waals surface area contributed by atoms with Crippen molar-refractivity contribution in [1.29, 1.82) is 0 Å². The minimum absolute atomic E-state index is 0.529. The van der Waals surface area contributed by atoms with Crippen LogP contribution in [0.5, 0.6) is 0 Å². The van der Waals surface area contributed by atoms with Crippen LogP contribution in [-0.4, -0.2) is 43.3 Å². The topological polar surface area (TPSA) is 80.9 Å². The molecule has 72 valence electrons. The summed E-state index contributed by atoms with van der Waals surface area (Å²) in [5.41, 5.74) is 0. The lowest BCUT2D eigenvalue weighted by molar-refractivity contribution is -0.141. The second-order valence-electron chi connectivity index (χ2n) is 2.43. The van der Waals surface area contributed by atoms with Gasteiger partial charge in [-0.25, -0.2) is 9.48 Å². The SMILES string of the molecule is CSCCC(C(=O)O)n1cnnn1. The van der Waals surface area contributed by atoms with Crippen molar-refractivity contribution in [2.24, 2.45) is 0 Å². The molecule has 6 nitrogen and oxygen atoms in total. The fraction of sp³-hybridized carbons (Fsp3) is 0.667. The largest absolute Gasteiger partial charge is 0.480 e. The molecule has 0 fully saturated rings. The van der Waals surface area contributed by atoms with Crippen LogP contribution in [-0.2, 0) is 4.79 Å². The van der Waals surface area contributed by atoms with Crippen LogP contribution in [0.3, 0.4) is 0 Å². The summed E-state index contributed by atoms with van der Waals surface area (Å²) >= 11 is 1.60. The molecule has 0 saturated heterocycles.